The minimum absolute atomic E-state index is 0.0302. The SMILES string of the molecule is [N-]=[N+]=Nc1ccc2cc(/C=C/C(=O)NCCOCCOCCOCCOCCNC(=O)CCCC[C@@H]3SC[C@@H]4NC(=O)N[C@@H]43)cnc2c1. The summed E-state index contributed by atoms with van der Waals surface area (Å²) in [6, 6.07) is 7.50. The molecule has 0 unspecified atom stereocenters. The van der Waals surface area contributed by atoms with Crippen LogP contribution in [0.2, 0.25) is 0 Å². The Labute approximate surface area is 283 Å². The Morgan fingerprint density at radius 2 is 1.69 bits per heavy atom. The molecule has 2 aliphatic heterocycles. The number of carbonyl (C=O) groups excluding carboxylic acids is 3. The van der Waals surface area contributed by atoms with Gasteiger partial charge in [-0.25, -0.2) is 4.79 Å². The van der Waals surface area contributed by atoms with Gasteiger partial charge in [-0.15, -0.1) is 0 Å². The van der Waals surface area contributed by atoms with Crippen LogP contribution in [-0.2, 0) is 28.5 Å². The molecule has 4 amide bonds. The van der Waals surface area contributed by atoms with E-state index < -0.39 is 0 Å². The van der Waals surface area contributed by atoms with Gasteiger partial charge in [-0.05, 0) is 42.1 Å². The van der Waals surface area contributed by atoms with Gasteiger partial charge < -0.3 is 40.2 Å². The first-order valence-electron chi connectivity index (χ1n) is 16.2. The largest absolute Gasteiger partial charge is 0.377 e. The third-order valence-corrected chi connectivity index (χ3v) is 9.10. The first-order valence-corrected chi connectivity index (χ1v) is 17.2. The number of rotatable bonds is 23. The lowest BCUT2D eigenvalue weighted by Crippen LogP contribution is -2.36. The van der Waals surface area contributed by atoms with E-state index in [1.54, 1.807) is 24.4 Å². The highest BCUT2D eigenvalue weighted by molar-refractivity contribution is 8.00. The highest BCUT2D eigenvalue weighted by Crippen LogP contribution is 2.33. The third kappa shape index (κ3) is 13.3. The number of azide groups is 1. The minimum Gasteiger partial charge on any atom is -0.377 e. The Morgan fingerprint density at radius 3 is 2.42 bits per heavy atom. The molecule has 3 heterocycles. The van der Waals surface area contributed by atoms with Crippen molar-refractivity contribution in [2.24, 2.45) is 5.11 Å². The Hall–Kier alpha value is -3.92. The summed E-state index contributed by atoms with van der Waals surface area (Å²) in [6.45, 7) is 4.21. The topological polar surface area (TPSA) is 198 Å². The van der Waals surface area contributed by atoms with Crippen LogP contribution in [0.4, 0.5) is 10.5 Å². The highest BCUT2D eigenvalue weighted by Gasteiger charge is 2.42. The molecule has 48 heavy (non-hydrogen) atoms. The molecule has 0 radical (unpaired) electrons. The summed E-state index contributed by atoms with van der Waals surface area (Å²) < 4.78 is 21.9. The fraction of sp³-hybridized carbons (Fsp3) is 0.562. The summed E-state index contributed by atoms with van der Waals surface area (Å²) in [6.07, 6.45) is 8.06. The molecule has 0 spiro atoms. The number of thioether (sulfide) groups is 1. The lowest BCUT2D eigenvalue weighted by Gasteiger charge is -2.16. The maximum Gasteiger partial charge on any atom is 0.315 e. The number of unbranched alkanes of at least 4 members (excludes halogenated alkanes) is 1. The number of hydrogen-bond acceptors (Lipinski definition) is 10. The molecule has 1 aromatic carbocycles. The molecule has 3 atom stereocenters. The molecule has 4 N–H and O–H groups in total. The van der Waals surface area contributed by atoms with Crippen molar-refractivity contribution in [1.29, 1.82) is 0 Å². The van der Waals surface area contributed by atoms with Crippen LogP contribution in [0.3, 0.4) is 0 Å². The fourth-order valence-electron chi connectivity index (χ4n) is 5.20. The number of hydrogen-bond donors (Lipinski definition) is 4. The molecule has 2 aromatic rings. The summed E-state index contributed by atoms with van der Waals surface area (Å²) in [4.78, 5) is 42.7. The molecule has 16 heteroatoms. The normalized spacial score (nSPS) is 18.3. The Bertz CT molecular complexity index is 1420. The number of ether oxygens (including phenoxy) is 4. The number of aromatic nitrogens is 1. The van der Waals surface area contributed by atoms with Gasteiger partial charge in [0.1, 0.15) is 0 Å². The predicted octanol–water partition coefficient (Wildman–Crippen LogP) is 3.21. The first kappa shape index (κ1) is 36.9. The van der Waals surface area contributed by atoms with Gasteiger partial charge in [0.05, 0.1) is 70.5 Å². The van der Waals surface area contributed by atoms with Gasteiger partial charge in [0.15, 0.2) is 0 Å². The summed E-state index contributed by atoms with van der Waals surface area (Å²) in [5.41, 5.74) is 10.5. The van der Waals surface area contributed by atoms with Crippen LogP contribution in [0.5, 0.6) is 0 Å². The van der Waals surface area contributed by atoms with Crippen LogP contribution in [0, 0.1) is 0 Å². The van der Waals surface area contributed by atoms with E-state index in [-0.39, 0.29) is 29.9 Å². The van der Waals surface area contributed by atoms with Crippen molar-refractivity contribution in [1.82, 2.24) is 26.3 Å². The standard InChI is InChI=1S/C32H44N8O7S/c33-40-39-25-7-6-24-19-23(21-36-26(24)20-25)5-8-30(42)35-10-12-45-14-16-47-18-17-46-15-13-44-11-9-34-29(41)4-2-1-3-28-31-27(22-48-28)37-32(43)38-31/h5-8,19-21,27-28,31H,1-4,9-18,22H2,(H,34,41)(H,35,42)(H2,37,38,43)/b8-5+/t27-,28-,31-/m0/s1. The molecule has 4 rings (SSSR count). The zero-order chi connectivity index (χ0) is 33.8. The van der Waals surface area contributed by atoms with Gasteiger partial charge in [0.25, 0.3) is 0 Å². The van der Waals surface area contributed by atoms with Gasteiger partial charge in [0.2, 0.25) is 11.8 Å². The Kier molecular flexibility index (Phi) is 16.2. The van der Waals surface area contributed by atoms with E-state index in [0.717, 1.165) is 36.0 Å². The average Bonchev–Trinajstić information content (AvgIpc) is 3.64. The van der Waals surface area contributed by atoms with Crippen LogP contribution in [0.1, 0.15) is 31.2 Å². The van der Waals surface area contributed by atoms with E-state index in [0.29, 0.717) is 88.8 Å². The summed E-state index contributed by atoms with van der Waals surface area (Å²) in [5.74, 6) is 0.745. The number of urea groups is 1. The second-order valence-corrected chi connectivity index (χ2v) is 12.4. The highest BCUT2D eigenvalue weighted by atomic mass is 32.2. The molecule has 0 aliphatic carbocycles. The van der Waals surface area contributed by atoms with E-state index >= 15 is 0 Å². The molecule has 2 saturated heterocycles. The molecule has 15 nitrogen and oxygen atoms in total. The average molecular weight is 685 g/mol. The van der Waals surface area contributed by atoms with Crippen LogP contribution in [0.25, 0.3) is 27.4 Å². The number of nitrogens with one attached hydrogen (secondary N) is 4. The summed E-state index contributed by atoms with van der Waals surface area (Å²) in [7, 11) is 0. The Balaban J connectivity index is 0.874. The van der Waals surface area contributed by atoms with Crippen molar-refractivity contribution in [2.45, 2.75) is 43.0 Å². The van der Waals surface area contributed by atoms with E-state index in [9.17, 15) is 14.4 Å². The van der Waals surface area contributed by atoms with Crippen LogP contribution in [-0.4, -0.2) is 112 Å². The zero-order valence-corrected chi connectivity index (χ0v) is 27.8. The van der Waals surface area contributed by atoms with Crippen molar-refractivity contribution >= 4 is 52.3 Å². The molecule has 1 aromatic heterocycles. The van der Waals surface area contributed by atoms with E-state index in [1.165, 1.54) is 6.08 Å². The summed E-state index contributed by atoms with van der Waals surface area (Å²) in [5, 5.41) is 16.5. The predicted molar refractivity (Wildman–Crippen MR) is 183 cm³/mol. The van der Waals surface area contributed by atoms with Gasteiger partial charge in [-0.1, -0.05) is 23.7 Å². The van der Waals surface area contributed by atoms with Crippen molar-refractivity contribution in [3.8, 4) is 0 Å². The van der Waals surface area contributed by atoms with Gasteiger partial charge in [-0.2, -0.15) is 11.8 Å². The maximum atomic E-state index is 12.1. The zero-order valence-electron chi connectivity index (χ0n) is 26.9. The third-order valence-electron chi connectivity index (χ3n) is 7.59. The Morgan fingerprint density at radius 1 is 0.979 bits per heavy atom. The van der Waals surface area contributed by atoms with Crippen LogP contribution in [0.15, 0.2) is 41.7 Å². The molecule has 2 fully saturated rings. The lowest BCUT2D eigenvalue weighted by molar-refractivity contribution is -0.121. The summed E-state index contributed by atoms with van der Waals surface area (Å²) >= 11 is 1.89. The minimum atomic E-state index is -0.237. The van der Waals surface area contributed by atoms with E-state index in [1.807, 2.05) is 23.9 Å². The fourth-order valence-corrected chi connectivity index (χ4v) is 6.74. The number of pyridine rings is 1. The quantitative estimate of drug-likeness (QED) is 0.0339. The second kappa shape index (κ2) is 21.1. The van der Waals surface area contributed by atoms with E-state index in [4.69, 9.17) is 24.5 Å². The first-order chi connectivity index (χ1) is 23.5. The molecular weight excluding hydrogens is 640 g/mol. The molecule has 0 saturated carbocycles. The number of fused-ring (bicyclic) bond motifs is 2. The molecule has 2 aliphatic rings. The monoisotopic (exact) mass is 684 g/mol. The molecule has 0 bridgehead atoms. The second-order valence-electron chi connectivity index (χ2n) is 11.1. The van der Waals surface area contributed by atoms with Gasteiger partial charge in [0, 0.05) is 58.8 Å². The van der Waals surface area contributed by atoms with Crippen molar-refractivity contribution in [3.05, 3.63) is 52.5 Å². The molecular formula is C32H44N8O7S. The van der Waals surface area contributed by atoms with Crippen molar-refractivity contribution in [2.75, 3.05) is 71.7 Å². The van der Waals surface area contributed by atoms with Gasteiger partial charge >= 0.3 is 6.03 Å². The van der Waals surface area contributed by atoms with Crippen LogP contribution < -0.4 is 21.3 Å². The number of carbonyl (C=O) groups is 3. The van der Waals surface area contributed by atoms with Crippen molar-refractivity contribution < 1.29 is 33.3 Å². The van der Waals surface area contributed by atoms with Crippen molar-refractivity contribution in [3.63, 3.8) is 0 Å². The maximum absolute atomic E-state index is 12.1. The van der Waals surface area contributed by atoms with E-state index in [2.05, 4.69) is 36.3 Å². The lowest BCUT2D eigenvalue weighted by atomic mass is 10.0. The van der Waals surface area contributed by atoms with Gasteiger partial charge in [-0.3, -0.25) is 14.6 Å². The smallest absolute Gasteiger partial charge is 0.315 e. The van der Waals surface area contributed by atoms with Crippen LogP contribution >= 0.6 is 11.8 Å². The number of nitrogens with zero attached hydrogens (tertiary/aromatic N) is 4. The number of amides is 4. The molecule has 260 valence electrons. The number of benzene rings is 1.